The van der Waals surface area contributed by atoms with Crippen molar-refractivity contribution in [1.29, 1.82) is 0 Å². The van der Waals surface area contributed by atoms with Crippen LogP contribution in [0, 0.1) is 5.92 Å². The number of aryl methyl sites for hydroxylation is 1. The molecule has 4 rings (SSSR count). The van der Waals surface area contributed by atoms with E-state index in [-0.39, 0.29) is 21.4 Å². The van der Waals surface area contributed by atoms with E-state index in [1.807, 2.05) is 24.3 Å². The van der Waals surface area contributed by atoms with Crippen molar-refractivity contribution in [2.75, 3.05) is 37.0 Å². The molecule has 172 valence electrons. The van der Waals surface area contributed by atoms with Crippen LogP contribution in [-0.4, -0.2) is 51.9 Å². The number of rotatable bonds is 7. The second-order valence-corrected chi connectivity index (χ2v) is 11.0. The van der Waals surface area contributed by atoms with Crippen LogP contribution in [-0.2, 0) is 16.4 Å². The van der Waals surface area contributed by atoms with Gasteiger partial charge in [0.15, 0.2) is 0 Å². The van der Waals surface area contributed by atoms with Gasteiger partial charge in [-0.15, -0.1) is 0 Å². The van der Waals surface area contributed by atoms with Gasteiger partial charge >= 0.3 is 0 Å². The number of amides is 1. The monoisotopic (exact) mass is 475 g/mol. The number of benzene rings is 2. The molecule has 0 bridgehead atoms. The lowest BCUT2D eigenvalue weighted by molar-refractivity contribution is 0.0945. The Morgan fingerprint density at radius 1 is 1.09 bits per heavy atom. The van der Waals surface area contributed by atoms with Crippen LogP contribution in [0.1, 0.15) is 42.1 Å². The maximum atomic E-state index is 13.4. The average molecular weight is 476 g/mol. The molecule has 2 aliphatic rings. The maximum Gasteiger partial charge on any atom is 0.264 e. The lowest BCUT2D eigenvalue weighted by atomic mass is 10.0. The SMILES string of the molecule is CC(CNC(=O)c1cc(S(=O)(=O)N2CCCc3ccccc32)ccc1Cl)CN1CCCC1. The molecule has 1 amide bonds. The normalized spacial score (nSPS) is 17.8. The first-order chi connectivity index (χ1) is 15.4. The number of anilines is 1. The minimum Gasteiger partial charge on any atom is -0.352 e. The van der Waals surface area contributed by atoms with Gasteiger partial charge < -0.3 is 10.2 Å². The lowest BCUT2D eigenvalue weighted by Gasteiger charge is -2.30. The Labute approximate surface area is 195 Å². The van der Waals surface area contributed by atoms with Crippen LogP contribution in [0.15, 0.2) is 47.4 Å². The fourth-order valence-electron chi connectivity index (χ4n) is 4.55. The van der Waals surface area contributed by atoms with E-state index in [1.54, 1.807) is 0 Å². The largest absolute Gasteiger partial charge is 0.352 e. The third kappa shape index (κ3) is 4.95. The van der Waals surface area contributed by atoms with Gasteiger partial charge in [0.1, 0.15) is 0 Å². The summed E-state index contributed by atoms with van der Waals surface area (Å²) in [6.45, 7) is 6.21. The van der Waals surface area contributed by atoms with Gasteiger partial charge in [-0.1, -0.05) is 36.7 Å². The van der Waals surface area contributed by atoms with E-state index < -0.39 is 10.0 Å². The molecule has 1 unspecified atom stereocenters. The molecule has 2 heterocycles. The molecule has 2 aromatic rings. The third-order valence-corrected chi connectivity index (χ3v) is 8.36. The standard InChI is InChI=1S/C24H30ClN3O3S/c1-18(17-27-12-4-5-13-27)16-26-24(29)21-15-20(10-11-22(21)25)32(30,31)28-14-6-8-19-7-2-3-9-23(19)28/h2-3,7,9-11,15,18H,4-6,8,12-14,16-17H2,1H3,(H,26,29). The zero-order chi connectivity index (χ0) is 22.7. The smallest absolute Gasteiger partial charge is 0.264 e. The van der Waals surface area contributed by atoms with Crippen molar-refractivity contribution in [3.05, 3.63) is 58.6 Å². The van der Waals surface area contributed by atoms with E-state index in [0.29, 0.717) is 24.7 Å². The highest BCUT2D eigenvalue weighted by Crippen LogP contribution is 2.32. The van der Waals surface area contributed by atoms with Gasteiger partial charge in [0, 0.05) is 19.6 Å². The Hall–Kier alpha value is -2.09. The molecule has 6 nitrogen and oxygen atoms in total. The predicted octanol–water partition coefficient (Wildman–Crippen LogP) is 3.94. The fraction of sp³-hybridized carbons (Fsp3) is 0.458. The number of carbonyl (C=O) groups is 1. The Bertz CT molecular complexity index is 1080. The summed E-state index contributed by atoms with van der Waals surface area (Å²) in [5.74, 6) is -0.0491. The van der Waals surface area contributed by atoms with E-state index in [0.717, 1.165) is 38.0 Å². The molecule has 0 aliphatic carbocycles. The fourth-order valence-corrected chi connectivity index (χ4v) is 6.32. The molecule has 2 aromatic carbocycles. The molecule has 0 saturated carbocycles. The van der Waals surface area contributed by atoms with Crippen LogP contribution in [0.3, 0.4) is 0 Å². The number of halogens is 1. The first kappa shape index (κ1) is 23.1. The summed E-state index contributed by atoms with van der Waals surface area (Å²) in [6, 6.07) is 11.9. The average Bonchev–Trinajstić information content (AvgIpc) is 3.30. The Morgan fingerprint density at radius 2 is 1.84 bits per heavy atom. The molecule has 2 aliphatic heterocycles. The van der Waals surface area contributed by atoms with Gasteiger partial charge in [0.05, 0.1) is 21.2 Å². The van der Waals surface area contributed by atoms with Crippen molar-refractivity contribution in [3.8, 4) is 0 Å². The number of nitrogens with one attached hydrogen (secondary N) is 1. The van der Waals surface area contributed by atoms with Crippen LogP contribution in [0.4, 0.5) is 5.69 Å². The summed E-state index contributed by atoms with van der Waals surface area (Å²) in [5, 5.41) is 3.17. The van der Waals surface area contributed by atoms with Crippen molar-refractivity contribution in [2.45, 2.75) is 37.5 Å². The Morgan fingerprint density at radius 3 is 2.62 bits per heavy atom. The number of para-hydroxylation sites is 1. The van der Waals surface area contributed by atoms with Crippen LogP contribution in [0.5, 0.6) is 0 Å². The van der Waals surface area contributed by atoms with Gasteiger partial charge in [-0.3, -0.25) is 9.10 Å². The quantitative estimate of drug-likeness (QED) is 0.658. The molecule has 0 radical (unpaired) electrons. The van der Waals surface area contributed by atoms with E-state index >= 15 is 0 Å². The first-order valence-electron chi connectivity index (χ1n) is 11.3. The summed E-state index contributed by atoms with van der Waals surface area (Å²) >= 11 is 6.28. The second-order valence-electron chi connectivity index (χ2n) is 8.77. The van der Waals surface area contributed by atoms with E-state index in [4.69, 9.17) is 11.6 Å². The van der Waals surface area contributed by atoms with E-state index in [9.17, 15) is 13.2 Å². The number of sulfonamides is 1. The Kier molecular flexibility index (Phi) is 7.08. The highest BCUT2D eigenvalue weighted by Gasteiger charge is 2.30. The second kappa shape index (κ2) is 9.81. The molecule has 1 N–H and O–H groups in total. The number of likely N-dealkylation sites (tertiary alicyclic amines) is 1. The summed E-state index contributed by atoms with van der Waals surface area (Å²) < 4.78 is 28.3. The summed E-state index contributed by atoms with van der Waals surface area (Å²) in [7, 11) is -3.81. The Balaban J connectivity index is 1.50. The van der Waals surface area contributed by atoms with Crippen LogP contribution >= 0.6 is 11.6 Å². The molecule has 8 heteroatoms. The molecule has 0 aromatic heterocycles. The van der Waals surface area contributed by atoms with Gasteiger partial charge in [-0.2, -0.15) is 0 Å². The topological polar surface area (TPSA) is 69.7 Å². The minimum absolute atomic E-state index is 0.0777. The van der Waals surface area contributed by atoms with Crippen molar-refractivity contribution in [2.24, 2.45) is 5.92 Å². The van der Waals surface area contributed by atoms with Crippen molar-refractivity contribution >= 4 is 33.2 Å². The summed E-state index contributed by atoms with van der Waals surface area (Å²) in [6.07, 6.45) is 4.08. The van der Waals surface area contributed by atoms with Gasteiger partial charge in [0.2, 0.25) is 0 Å². The highest BCUT2D eigenvalue weighted by atomic mass is 35.5. The third-order valence-electron chi connectivity index (χ3n) is 6.22. The molecule has 1 saturated heterocycles. The molecule has 1 atom stereocenters. The number of hydrogen-bond acceptors (Lipinski definition) is 4. The van der Waals surface area contributed by atoms with Crippen LogP contribution in [0.25, 0.3) is 0 Å². The number of fused-ring (bicyclic) bond motifs is 1. The predicted molar refractivity (Wildman–Crippen MR) is 128 cm³/mol. The first-order valence-corrected chi connectivity index (χ1v) is 13.1. The van der Waals surface area contributed by atoms with Crippen molar-refractivity contribution in [3.63, 3.8) is 0 Å². The van der Waals surface area contributed by atoms with Crippen molar-refractivity contribution in [1.82, 2.24) is 10.2 Å². The molecule has 1 fully saturated rings. The molecular weight excluding hydrogens is 446 g/mol. The lowest BCUT2D eigenvalue weighted by Crippen LogP contribution is -2.36. The maximum absolute atomic E-state index is 13.4. The van der Waals surface area contributed by atoms with E-state index in [1.165, 1.54) is 35.3 Å². The number of carbonyl (C=O) groups excluding carboxylic acids is 1. The van der Waals surface area contributed by atoms with Gasteiger partial charge in [-0.05, 0) is 74.5 Å². The van der Waals surface area contributed by atoms with Crippen LogP contribution in [0.2, 0.25) is 5.02 Å². The molecular formula is C24H30ClN3O3S. The highest BCUT2D eigenvalue weighted by molar-refractivity contribution is 7.92. The minimum atomic E-state index is -3.81. The van der Waals surface area contributed by atoms with Gasteiger partial charge in [0.25, 0.3) is 15.9 Å². The summed E-state index contributed by atoms with van der Waals surface area (Å²) in [5.41, 5.74) is 1.91. The summed E-state index contributed by atoms with van der Waals surface area (Å²) in [4.78, 5) is 15.3. The van der Waals surface area contributed by atoms with E-state index in [2.05, 4.69) is 17.1 Å². The zero-order valence-electron chi connectivity index (χ0n) is 18.4. The van der Waals surface area contributed by atoms with Gasteiger partial charge in [-0.25, -0.2) is 8.42 Å². The number of nitrogens with zero attached hydrogens (tertiary/aromatic N) is 2. The molecule has 0 spiro atoms. The molecule has 32 heavy (non-hydrogen) atoms. The van der Waals surface area contributed by atoms with Crippen molar-refractivity contribution < 1.29 is 13.2 Å². The number of hydrogen-bond donors (Lipinski definition) is 1. The zero-order valence-corrected chi connectivity index (χ0v) is 20.0. The van der Waals surface area contributed by atoms with Crippen LogP contribution < -0.4 is 9.62 Å².